The zero-order valence-corrected chi connectivity index (χ0v) is 11.3. The lowest BCUT2D eigenvalue weighted by molar-refractivity contribution is -0.124. The van der Waals surface area contributed by atoms with E-state index in [9.17, 15) is 14.7 Å². The molecule has 4 nitrogen and oxygen atoms in total. The van der Waals surface area contributed by atoms with Crippen molar-refractivity contribution in [3.8, 4) is 5.75 Å². The summed E-state index contributed by atoms with van der Waals surface area (Å²) in [7, 11) is 0. The molecular formula is C17H15NO3. The number of rotatable bonds is 1. The summed E-state index contributed by atoms with van der Waals surface area (Å²) in [6.45, 7) is 0. The number of anilines is 1. The van der Waals surface area contributed by atoms with Gasteiger partial charge in [0.05, 0.1) is 17.5 Å². The predicted octanol–water partition coefficient (Wildman–Crippen LogP) is 1.95. The maximum absolute atomic E-state index is 12.8. The third-order valence-electron chi connectivity index (χ3n) is 5.75. The van der Waals surface area contributed by atoms with E-state index >= 15 is 0 Å². The molecule has 6 atom stereocenters. The Labute approximate surface area is 122 Å². The van der Waals surface area contributed by atoms with Gasteiger partial charge in [-0.05, 0) is 42.2 Å². The van der Waals surface area contributed by atoms with E-state index in [0.717, 1.165) is 0 Å². The summed E-state index contributed by atoms with van der Waals surface area (Å²) in [5, 5.41) is 9.61. The van der Waals surface area contributed by atoms with E-state index in [-0.39, 0.29) is 41.2 Å². The predicted molar refractivity (Wildman–Crippen MR) is 75.3 cm³/mol. The molecule has 1 aromatic carbocycles. The van der Waals surface area contributed by atoms with Crippen molar-refractivity contribution in [3.63, 3.8) is 0 Å². The Bertz CT molecular complexity index is 674. The first-order chi connectivity index (χ1) is 10.2. The second-order valence-corrected chi connectivity index (χ2v) is 6.69. The number of benzene rings is 1. The number of nitrogens with zero attached hydrogens (tertiary/aromatic N) is 1. The summed E-state index contributed by atoms with van der Waals surface area (Å²) in [5.41, 5.74) is 0.493. The molecule has 1 aromatic rings. The van der Waals surface area contributed by atoms with Gasteiger partial charge in [-0.15, -0.1) is 0 Å². The summed E-state index contributed by atoms with van der Waals surface area (Å²) >= 11 is 0. The molecule has 4 heteroatoms. The van der Waals surface area contributed by atoms with Crippen molar-refractivity contribution >= 4 is 17.5 Å². The van der Waals surface area contributed by atoms with Gasteiger partial charge in [-0.1, -0.05) is 18.2 Å². The molecule has 2 amide bonds. The molecule has 2 bridgehead atoms. The van der Waals surface area contributed by atoms with Crippen LogP contribution >= 0.6 is 0 Å². The van der Waals surface area contributed by atoms with Crippen molar-refractivity contribution in [1.29, 1.82) is 0 Å². The monoisotopic (exact) mass is 281 g/mol. The number of imide groups is 1. The van der Waals surface area contributed by atoms with Crippen LogP contribution in [0.25, 0.3) is 0 Å². The first-order valence-corrected chi connectivity index (χ1v) is 7.52. The third kappa shape index (κ3) is 1.30. The van der Waals surface area contributed by atoms with Crippen LogP contribution in [0.3, 0.4) is 0 Å². The standard InChI is InChI=1S/C17H15NO3/c19-9-3-1-2-8(6-9)18-16(20)14-10-4-5-11(13-7-12(10)13)15(14)17(18)21/h1-6,10-15,19H,7H2/t10-,11-,12-,13+,14-,15+/m0/s1. The zero-order chi connectivity index (χ0) is 14.3. The Balaban J connectivity index is 1.60. The lowest BCUT2D eigenvalue weighted by atomic mass is 9.63. The Kier molecular flexibility index (Phi) is 1.96. The fraction of sp³-hybridized carbons (Fsp3) is 0.412. The molecule has 1 N–H and O–H groups in total. The molecule has 1 saturated heterocycles. The van der Waals surface area contributed by atoms with E-state index in [1.807, 2.05) is 0 Å². The summed E-state index contributed by atoms with van der Waals surface area (Å²) < 4.78 is 0. The molecule has 0 unspecified atom stereocenters. The summed E-state index contributed by atoms with van der Waals surface area (Å²) in [6.07, 6.45) is 5.50. The number of phenolic OH excluding ortho intramolecular Hbond substituents is 1. The molecule has 6 rings (SSSR count). The Morgan fingerprint density at radius 2 is 1.62 bits per heavy atom. The van der Waals surface area contributed by atoms with Crippen LogP contribution in [0, 0.1) is 35.5 Å². The van der Waals surface area contributed by atoms with E-state index in [1.54, 1.807) is 18.2 Å². The van der Waals surface area contributed by atoms with Crippen molar-refractivity contribution in [2.75, 3.05) is 4.90 Å². The number of amides is 2. The summed E-state index contributed by atoms with van der Waals surface area (Å²) in [6, 6.07) is 6.41. The fourth-order valence-electron chi connectivity index (χ4n) is 4.84. The van der Waals surface area contributed by atoms with Gasteiger partial charge < -0.3 is 5.11 Å². The molecule has 2 saturated carbocycles. The molecule has 106 valence electrons. The highest BCUT2D eigenvalue weighted by Crippen LogP contribution is 2.65. The largest absolute Gasteiger partial charge is 0.508 e. The number of hydrogen-bond donors (Lipinski definition) is 1. The van der Waals surface area contributed by atoms with Crippen molar-refractivity contribution < 1.29 is 14.7 Å². The van der Waals surface area contributed by atoms with Crippen LogP contribution in [-0.2, 0) is 9.59 Å². The van der Waals surface area contributed by atoms with Crippen LogP contribution in [0.2, 0.25) is 0 Å². The van der Waals surface area contributed by atoms with Crippen LogP contribution in [0.15, 0.2) is 36.4 Å². The normalized spacial score (nSPS) is 42.2. The topological polar surface area (TPSA) is 57.6 Å². The van der Waals surface area contributed by atoms with Gasteiger partial charge >= 0.3 is 0 Å². The average Bonchev–Trinajstić information content (AvgIpc) is 3.24. The quantitative estimate of drug-likeness (QED) is 0.632. The smallest absolute Gasteiger partial charge is 0.238 e. The van der Waals surface area contributed by atoms with Gasteiger partial charge in [0.2, 0.25) is 11.8 Å². The van der Waals surface area contributed by atoms with Gasteiger partial charge in [0.1, 0.15) is 5.75 Å². The van der Waals surface area contributed by atoms with Crippen LogP contribution in [0.1, 0.15) is 6.42 Å². The maximum Gasteiger partial charge on any atom is 0.238 e. The zero-order valence-electron chi connectivity index (χ0n) is 11.3. The lowest BCUT2D eigenvalue weighted by Gasteiger charge is -2.37. The molecule has 1 aliphatic heterocycles. The van der Waals surface area contributed by atoms with Gasteiger partial charge in [-0.2, -0.15) is 0 Å². The molecule has 0 aromatic heterocycles. The van der Waals surface area contributed by atoms with Gasteiger partial charge in [0.25, 0.3) is 0 Å². The summed E-state index contributed by atoms with van der Waals surface area (Å²) in [4.78, 5) is 26.9. The number of allylic oxidation sites excluding steroid dienone is 2. The number of carbonyl (C=O) groups is 2. The van der Waals surface area contributed by atoms with E-state index in [0.29, 0.717) is 17.5 Å². The first kappa shape index (κ1) is 11.5. The highest BCUT2D eigenvalue weighted by molar-refractivity contribution is 6.22. The SMILES string of the molecule is O=C1[C@@H]2[C@H]3C=C[C@@H]([C@@H]4C[C@H]34)[C@@H]2C(=O)N1c1cccc(O)c1. The highest BCUT2D eigenvalue weighted by Gasteiger charge is 2.67. The van der Waals surface area contributed by atoms with E-state index in [4.69, 9.17) is 0 Å². The second-order valence-electron chi connectivity index (χ2n) is 6.69. The Morgan fingerprint density at radius 1 is 1.00 bits per heavy atom. The maximum atomic E-state index is 12.8. The van der Waals surface area contributed by atoms with Crippen LogP contribution in [0.4, 0.5) is 5.69 Å². The van der Waals surface area contributed by atoms with Crippen LogP contribution in [-0.4, -0.2) is 16.9 Å². The molecule has 0 spiro atoms. The third-order valence-corrected chi connectivity index (χ3v) is 5.75. The van der Waals surface area contributed by atoms with Crippen molar-refractivity contribution in [1.82, 2.24) is 0 Å². The van der Waals surface area contributed by atoms with E-state index in [2.05, 4.69) is 12.2 Å². The molecule has 5 aliphatic rings. The van der Waals surface area contributed by atoms with Crippen molar-refractivity contribution in [2.45, 2.75) is 6.42 Å². The highest BCUT2D eigenvalue weighted by atomic mass is 16.3. The summed E-state index contributed by atoms with van der Waals surface area (Å²) in [5.74, 6) is 1.25. The number of carbonyl (C=O) groups excluding carboxylic acids is 2. The number of aromatic hydroxyl groups is 1. The number of phenols is 1. The van der Waals surface area contributed by atoms with Crippen LogP contribution < -0.4 is 4.90 Å². The molecule has 3 fully saturated rings. The first-order valence-electron chi connectivity index (χ1n) is 7.52. The Hall–Kier alpha value is -2.10. The Morgan fingerprint density at radius 3 is 2.19 bits per heavy atom. The minimum Gasteiger partial charge on any atom is -0.508 e. The molecule has 21 heavy (non-hydrogen) atoms. The molecule has 0 radical (unpaired) electrons. The lowest BCUT2D eigenvalue weighted by Crippen LogP contribution is -2.40. The fourth-order valence-corrected chi connectivity index (χ4v) is 4.84. The van der Waals surface area contributed by atoms with Crippen molar-refractivity contribution in [3.05, 3.63) is 36.4 Å². The van der Waals surface area contributed by atoms with Crippen LogP contribution in [0.5, 0.6) is 5.75 Å². The van der Waals surface area contributed by atoms with Gasteiger partial charge in [-0.3, -0.25) is 9.59 Å². The average molecular weight is 281 g/mol. The van der Waals surface area contributed by atoms with E-state index < -0.39 is 0 Å². The van der Waals surface area contributed by atoms with Crippen molar-refractivity contribution in [2.24, 2.45) is 35.5 Å². The minimum absolute atomic E-state index is 0.0758. The minimum atomic E-state index is -0.182. The second kappa shape index (κ2) is 3.56. The van der Waals surface area contributed by atoms with Gasteiger partial charge in [0, 0.05) is 6.07 Å². The molecule has 4 aliphatic carbocycles. The molecular weight excluding hydrogens is 266 g/mol. The van der Waals surface area contributed by atoms with Gasteiger partial charge in [0.15, 0.2) is 0 Å². The molecule has 1 heterocycles. The number of hydrogen-bond acceptors (Lipinski definition) is 3. The van der Waals surface area contributed by atoms with E-state index in [1.165, 1.54) is 17.4 Å². The van der Waals surface area contributed by atoms with Gasteiger partial charge in [-0.25, -0.2) is 4.90 Å².